The van der Waals surface area contributed by atoms with Gasteiger partial charge in [-0.2, -0.15) is 0 Å². The zero-order valence-corrected chi connectivity index (χ0v) is 27.1. The molecule has 0 spiro atoms. The molecule has 2 saturated carbocycles. The summed E-state index contributed by atoms with van der Waals surface area (Å²) < 4.78 is 41.7. The van der Waals surface area contributed by atoms with Crippen molar-refractivity contribution in [2.45, 2.75) is 57.2 Å². The molecular weight excluding hydrogens is 666 g/mol. The summed E-state index contributed by atoms with van der Waals surface area (Å²) in [6.45, 7) is 2.27. The number of amides is 1. The molecule has 15 heteroatoms. The summed E-state index contributed by atoms with van der Waals surface area (Å²) in [5, 5.41) is 13.5. The standard InChI is InChI=1S/C30H29Cl2FN4O6S2/c1-2-8-45(41,42)35-28(38)15-10-20(33)25-22(11-15)44-30(34-25)36-13-16-9-17(36)12-21(16)37-26(23-18(31)4-3-5-19(23)32)24(29(39)40)27(43-37)14-6-7-14/h3-5,10-11,14,16-17,21,26H,2,6-9,12-13H2,1H3,(H,35,38)(H,39,40)/t16-,17-,21+,26?/m0/s1. The number of rotatable bonds is 9. The highest BCUT2D eigenvalue weighted by molar-refractivity contribution is 7.90. The number of carbonyl (C=O) groups excluding carboxylic acids is 1. The van der Waals surface area contributed by atoms with E-state index in [9.17, 15) is 23.1 Å². The third-order valence-corrected chi connectivity index (χ3v) is 12.1. The molecule has 4 atom stereocenters. The van der Waals surface area contributed by atoms with Crippen molar-refractivity contribution in [2.75, 3.05) is 17.2 Å². The van der Waals surface area contributed by atoms with Crippen molar-refractivity contribution in [3.63, 3.8) is 0 Å². The molecule has 0 radical (unpaired) electrons. The zero-order chi connectivity index (χ0) is 31.8. The molecule has 3 aromatic rings. The minimum Gasteiger partial charge on any atom is -0.478 e. The van der Waals surface area contributed by atoms with E-state index >= 15 is 4.39 Å². The van der Waals surface area contributed by atoms with Crippen LogP contribution in [0.4, 0.5) is 9.52 Å². The highest BCUT2D eigenvalue weighted by Crippen LogP contribution is 2.55. The summed E-state index contributed by atoms with van der Waals surface area (Å²) >= 11 is 14.5. The van der Waals surface area contributed by atoms with Gasteiger partial charge in [0.1, 0.15) is 22.9 Å². The SMILES string of the molecule is CCCS(=O)(=O)NC(=O)c1cc(F)c2nc(N3C[C@@H]4C[C@H]3C[C@H]4N3OC(C4CC4)=C(C(=O)O)C3c3c(Cl)cccc3Cl)sc2c1. The predicted molar refractivity (Wildman–Crippen MR) is 168 cm³/mol. The minimum absolute atomic E-state index is 0.0369. The van der Waals surface area contributed by atoms with Crippen molar-refractivity contribution in [3.8, 4) is 0 Å². The van der Waals surface area contributed by atoms with Crippen LogP contribution >= 0.6 is 34.5 Å². The van der Waals surface area contributed by atoms with Crippen LogP contribution in [0.15, 0.2) is 41.7 Å². The Morgan fingerprint density at radius 2 is 1.93 bits per heavy atom. The number of aliphatic carboxylic acids is 1. The first-order valence-electron chi connectivity index (χ1n) is 14.7. The van der Waals surface area contributed by atoms with Crippen LogP contribution in [0.25, 0.3) is 10.2 Å². The largest absolute Gasteiger partial charge is 0.478 e. The lowest BCUT2D eigenvalue weighted by Gasteiger charge is -2.38. The van der Waals surface area contributed by atoms with E-state index in [4.69, 9.17) is 28.0 Å². The Kier molecular flexibility index (Phi) is 7.75. The number of nitrogens with one attached hydrogen (secondary N) is 1. The van der Waals surface area contributed by atoms with Crippen LogP contribution in [0.2, 0.25) is 10.0 Å². The number of nitrogens with zero attached hydrogens (tertiary/aromatic N) is 3. The highest BCUT2D eigenvalue weighted by atomic mass is 35.5. The molecular formula is C30H29Cl2FN4O6S2. The Bertz CT molecular complexity index is 1860. The Morgan fingerprint density at radius 3 is 2.56 bits per heavy atom. The number of halogens is 3. The lowest BCUT2D eigenvalue weighted by atomic mass is 9.93. The topological polar surface area (TPSA) is 129 Å². The first-order chi connectivity index (χ1) is 21.5. The summed E-state index contributed by atoms with van der Waals surface area (Å²) in [6, 6.07) is 6.73. The van der Waals surface area contributed by atoms with Crippen molar-refractivity contribution in [2.24, 2.45) is 11.8 Å². The molecule has 10 nitrogen and oxygen atoms in total. The molecule has 7 rings (SSSR count). The van der Waals surface area contributed by atoms with Gasteiger partial charge in [-0.05, 0) is 62.3 Å². The van der Waals surface area contributed by atoms with Crippen LogP contribution in [0.1, 0.15) is 61.0 Å². The quantitative estimate of drug-likeness (QED) is 0.281. The van der Waals surface area contributed by atoms with Crippen LogP contribution < -0.4 is 9.62 Å². The maximum absolute atomic E-state index is 15.1. The minimum atomic E-state index is -3.82. The van der Waals surface area contributed by atoms with E-state index in [2.05, 4.69) is 9.88 Å². The monoisotopic (exact) mass is 694 g/mol. The van der Waals surface area contributed by atoms with Crippen LogP contribution in [0.5, 0.6) is 0 Å². The van der Waals surface area contributed by atoms with Gasteiger partial charge in [0, 0.05) is 39.7 Å². The van der Waals surface area contributed by atoms with E-state index < -0.39 is 33.8 Å². The third kappa shape index (κ3) is 5.46. The van der Waals surface area contributed by atoms with Gasteiger partial charge < -0.3 is 14.8 Å². The Balaban J connectivity index is 1.15. The van der Waals surface area contributed by atoms with E-state index in [1.54, 1.807) is 30.2 Å². The maximum atomic E-state index is 15.1. The van der Waals surface area contributed by atoms with Gasteiger partial charge in [0.05, 0.1) is 16.5 Å². The predicted octanol–water partition coefficient (Wildman–Crippen LogP) is 5.92. The number of sulfonamides is 1. The Morgan fingerprint density at radius 1 is 1.20 bits per heavy atom. The summed E-state index contributed by atoms with van der Waals surface area (Å²) in [6.07, 6.45) is 3.51. The summed E-state index contributed by atoms with van der Waals surface area (Å²) in [4.78, 5) is 38.3. The van der Waals surface area contributed by atoms with Gasteiger partial charge in [-0.3, -0.25) is 4.79 Å². The van der Waals surface area contributed by atoms with Gasteiger partial charge in [-0.25, -0.2) is 27.3 Å². The molecule has 1 aromatic heterocycles. The summed E-state index contributed by atoms with van der Waals surface area (Å²) in [5.74, 6) is -2.24. The molecule has 1 amide bonds. The number of allylic oxidation sites excluding steroid dienone is 1. The van der Waals surface area contributed by atoms with E-state index in [0.717, 1.165) is 25.3 Å². The molecule has 2 bridgehead atoms. The number of aromatic nitrogens is 1. The number of hydrogen-bond donors (Lipinski definition) is 2. The first kappa shape index (κ1) is 30.7. The second-order valence-corrected chi connectivity index (χ2v) is 15.7. The van der Waals surface area contributed by atoms with Crippen molar-refractivity contribution in [3.05, 3.63) is 68.7 Å². The number of hydrogen-bond acceptors (Lipinski definition) is 9. The number of anilines is 1. The lowest BCUT2D eigenvalue weighted by molar-refractivity contribution is -0.165. The fraction of sp³-hybridized carbons (Fsp3) is 0.433. The highest BCUT2D eigenvalue weighted by Gasteiger charge is 2.55. The Hall–Kier alpha value is -2.97. The normalized spacial score (nSPS) is 24.9. The fourth-order valence-electron chi connectivity index (χ4n) is 6.87. The zero-order valence-electron chi connectivity index (χ0n) is 24.0. The number of hydroxylamine groups is 2. The lowest BCUT2D eigenvalue weighted by Crippen LogP contribution is -2.46. The molecule has 2 aromatic carbocycles. The number of carboxylic acid groups (broad SMARTS) is 1. The molecule has 2 aliphatic carbocycles. The average Bonchev–Trinajstić information content (AvgIpc) is 3.29. The van der Waals surface area contributed by atoms with E-state index in [0.29, 0.717) is 50.6 Å². The van der Waals surface area contributed by atoms with E-state index in [1.165, 1.54) is 17.4 Å². The molecule has 2 N–H and O–H groups in total. The molecule has 4 aliphatic rings. The molecule has 45 heavy (non-hydrogen) atoms. The number of thiazole rings is 1. The second kappa shape index (κ2) is 11.4. The molecule has 3 fully saturated rings. The molecule has 3 heterocycles. The van der Waals surface area contributed by atoms with Gasteiger partial charge in [0.2, 0.25) is 10.0 Å². The summed E-state index contributed by atoms with van der Waals surface area (Å²) in [5.41, 5.74) is 0.707. The molecule has 1 unspecified atom stereocenters. The van der Waals surface area contributed by atoms with Gasteiger partial charge in [-0.1, -0.05) is 47.5 Å². The number of fused-ring (bicyclic) bond motifs is 3. The molecule has 2 aliphatic heterocycles. The summed E-state index contributed by atoms with van der Waals surface area (Å²) in [7, 11) is -3.82. The fourth-order valence-corrected chi connectivity index (χ4v) is 9.61. The van der Waals surface area contributed by atoms with E-state index in [1.807, 2.05) is 4.72 Å². The number of piperidine rings is 1. The Labute approximate surface area is 272 Å². The third-order valence-electron chi connectivity index (χ3n) is 8.95. The maximum Gasteiger partial charge on any atom is 0.337 e. The van der Waals surface area contributed by atoms with Crippen LogP contribution in [0.3, 0.4) is 0 Å². The van der Waals surface area contributed by atoms with Crippen molar-refractivity contribution < 1.29 is 32.3 Å². The van der Waals surface area contributed by atoms with Crippen LogP contribution in [0, 0.1) is 17.7 Å². The number of carboxylic acids is 1. The molecule has 1 saturated heterocycles. The number of carbonyl (C=O) groups is 2. The average molecular weight is 696 g/mol. The van der Waals surface area contributed by atoms with Gasteiger partial charge >= 0.3 is 5.97 Å². The number of benzene rings is 2. The van der Waals surface area contributed by atoms with Gasteiger partial charge in [0.15, 0.2) is 10.9 Å². The second-order valence-electron chi connectivity index (χ2n) is 12.0. The van der Waals surface area contributed by atoms with Crippen molar-refractivity contribution in [1.82, 2.24) is 14.8 Å². The smallest absolute Gasteiger partial charge is 0.337 e. The van der Waals surface area contributed by atoms with Crippen LogP contribution in [-0.4, -0.2) is 59.8 Å². The molecule has 238 valence electrons. The van der Waals surface area contributed by atoms with Crippen molar-refractivity contribution >= 4 is 71.8 Å². The van der Waals surface area contributed by atoms with Crippen molar-refractivity contribution in [1.29, 1.82) is 0 Å². The van der Waals surface area contributed by atoms with Crippen LogP contribution in [-0.2, 0) is 19.7 Å². The van der Waals surface area contributed by atoms with Gasteiger partial charge in [-0.15, -0.1) is 5.06 Å². The van der Waals surface area contributed by atoms with E-state index in [-0.39, 0.29) is 46.3 Å². The first-order valence-corrected chi connectivity index (χ1v) is 18.0. The van der Waals surface area contributed by atoms with Gasteiger partial charge in [0.25, 0.3) is 5.91 Å².